The Labute approximate surface area is 212 Å². The molecule has 0 saturated heterocycles. The second-order valence-corrected chi connectivity index (χ2v) is 10.3. The molecule has 1 aliphatic rings. The van der Waals surface area contributed by atoms with E-state index in [1.807, 2.05) is 45.0 Å². The summed E-state index contributed by atoms with van der Waals surface area (Å²) >= 11 is 1.34. The average Bonchev–Trinajstić information content (AvgIpc) is 3.24. The molecule has 1 saturated carbocycles. The number of thiophene rings is 1. The van der Waals surface area contributed by atoms with E-state index in [0.717, 1.165) is 29.0 Å². The summed E-state index contributed by atoms with van der Waals surface area (Å²) in [6, 6.07) is 9.31. The van der Waals surface area contributed by atoms with E-state index < -0.39 is 0 Å². The minimum atomic E-state index is -0.313. The fourth-order valence-corrected chi connectivity index (χ4v) is 5.00. The van der Waals surface area contributed by atoms with E-state index in [9.17, 15) is 14.4 Å². The highest BCUT2D eigenvalue weighted by atomic mass is 32.1. The molecule has 9 nitrogen and oxygen atoms in total. The van der Waals surface area contributed by atoms with E-state index >= 15 is 0 Å². The van der Waals surface area contributed by atoms with Crippen LogP contribution in [0.1, 0.15) is 53.6 Å². The lowest BCUT2D eigenvalue weighted by atomic mass is 10.1. The number of anilines is 2. The van der Waals surface area contributed by atoms with Gasteiger partial charge in [-0.3, -0.25) is 19.5 Å². The highest BCUT2D eigenvalue weighted by Crippen LogP contribution is 2.33. The van der Waals surface area contributed by atoms with Crippen molar-refractivity contribution in [3.63, 3.8) is 0 Å². The molecule has 1 aliphatic carbocycles. The molecule has 1 fully saturated rings. The third-order valence-corrected chi connectivity index (χ3v) is 7.29. The van der Waals surface area contributed by atoms with Crippen molar-refractivity contribution in [2.45, 2.75) is 39.7 Å². The number of carbonyl (C=O) groups is 3. The molecule has 0 radical (unpaired) electrons. The van der Waals surface area contributed by atoms with Gasteiger partial charge in [-0.1, -0.05) is 13.8 Å². The van der Waals surface area contributed by atoms with Crippen molar-refractivity contribution in [2.75, 3.05) is 16.8 Å². The van der Waals surface area contributed by atoms with Gasteiger partial charge in [0.15, 0.2) is 0 Å². The molecule has 3 aromatic heterocycles. The minimum absolute atomic E-state index is 0.0229. The molecule has 10 heteroatoms. The normalized spacial score (nSPS) is 13.2. The largest absolute Gasteiger partial charge is 0.349 e. The quantitative estimate of drug-likeness (QED) is 0.276. The van der Waals surface area contributed by atoms with Crippen LogP contribution in [0.2, 0.25) is 0 Å². The zero-order valence-electron chi connectivity index (χ0n) is 20.3. The molecule has 3 amide bonds. The molecule has 0 spiro atoms. The fourth-order valence-electron chi connectivity index (χ4n) is 4.12. The smallest absolute Gasteiger partial charge is 0.266 e. The number of H-pyrrole nitrogens is 2. The van der Waals surface area contributed by atoms with E-state index in [0.29, 0.717) is 33.7 Å². The number of amides is 3. The number of aromatic nitrogens is 3. The van der Waals surface area contributed by atoms with Crippen molar-refractivity contribution in [1.82, 2.24) is 20.5 Å². The minimum Gasteiger partial charge on any atom is -0.349 e. The van der Waals surface area contributed by atoms with Crippen molar-refractivity contribution in [1.29, 1.82) is 0 Å². The molecule has 36 heavy (non-hydrogen) atoms. The van der Waals surface area contributed by atoms with Gasteiger partial charge in [0.2, 0.25) is 5.91 Å². The van der Waals surface area contributed by atoms with Crippen LogP contribution in [0.4, 0.5) is 11.5 Å². The number of nitrogens with one attached hydrogen (secondary N) is 4. The van der Waals surface area contributed by atoms with Crippen LogP contribution < -0.4 is 15.5 Å². The van der Waals surface area contributed by atoms with Gasteiger partial charge in [-0.15, -0.1) is 11.3 Å². The molecule has 186 valence electrons. The lowest BCUT2D eigenvalue weighted by Gasteiger charge is -2.23. The van der Waals surface area contributed by atoms with Crippen LogP contribution in [-0.4, -0.2) is 45.5 Å². The summed E-state index contributed by atoms with van der Waals surface area (Å²) in [5.74, 6) is -0.330. The van der Waals surface area contributed by atoms with E-state index in [4.69, 9.17) is 0 Å². The maximum absolute atomic E-state index is 13.2. The summed E-state index contributed by atoms with van der Waals surface area (Å²) in [6.45, 7) is 6.20. The van der Waals surface area contributed by atoms with Crippen molar-refractivity contribution in [2.24, 2.45) is 5.92 Å². The van der Waals surface area contributed by atoms with Gasteiger partial charge in [0, 0.05) is 51.7 Å². The molecular weight excluding hydrogens is 476 g/mol. The summed E-state index contributed by atoms with van der Waals surface area (Å²) in [6.07, 6.45) is 5.38. The molecule has 3 heterocycles. The second-order valence-electron chi connectivity index (χ2n) is 9.19. The zero-order valence-corrected chi connectivity index (χ0v) is 21.2. The predicted octanol–water partition coefficient (Wildman–Crippen LogP) is 4.77. The molecule has 5 rings (SSSR count). The van der Waals surface area contributed by atoms with Crippen LogP contribution in [-0.2, 0) is 4.79 Å². The highest BCUT2D eigenvalue weighted by Gasteiger charge is 2.28. The first-order valence-electron chi connectivity index (χ1n) is 12.0. The fraction of sp³-hybridized carbons (Fsp3) is 0.308. The summed E-state index contributed by atoms with van der Waals surface area (Å²) in [5.41, 5.74) is 2.70. The van der Waals surface area contributed by atoms with Crippen molar-refractivity contribution in [3.8, 4) is 10.4 Å². The molecule has 0 aliphatic heterocycles. The number of hydrogen-bond acceptors (Lipinski definition) is 5. The maximum atomic E-state index is 13.2. The number of nitrogens with zero attached hydrogens (tertiary/aromatic N) is 2. The van der Waals surface area contributed by atoms with Crippen molar-refractivity contribution >= 4 is 51.5 Å². The van der Waals surface area contributed by atoms with Gasteiger partial charge in [0.1, 0.15) is 5.82 Å². The van der Waals surface area contributed by atoms with E-state index in [1.54, 1.807) is 23.4 Å². The third kappa shape index (κ3) is 4.64. The number of fused-ring (bicyclic) bond motifs is 1. The number of hydrogen-bond donors (Lipinski definition) is 4. The van der Waals surface area contributed by atoms with Crippen LogP contribution in [0.5, 0.6) is 0 Å². The molecule has 0 bridgehead atoms. The molecule has 0 atom stereocenters. The summed E-state index contributed by atoms with van der Waals surface area (Å²) in [7, 11) is 0. The molecular formula is C26H28N6O3S. The van der Waals surface area contributed by atoms with Crippen LogP contribution >= 0.6 is 11.3 Å². The Bertz CT molecular complexity index is 1430. The number of rotatable bonds is 8. The standard InChI is InChI=1S/C26H28N6O3S/c1-4-32(26(35)14(2)3)17-7-8-18-19(11-17)30-23(22(18)25(34)29-16-5-6-16)31-24(33)21-10-9-20(36-21)15-12-27-28-13-15/h7-14,16,30H,4-6H2,1-3H3,(H,27,28)(H,29,34)(H,31,33). The summed E-state index contributed by atoms with van der Waals surface area (Å²) < 4.78 is 0. The van der Waals surface area contributed by atoms with Crippen LogP contribution in [0.15, 0.2) is 42.7 Å². The van der Waals surface area contributed by atoms with Gasteiger partial charge in [-0.2, -0.15) is 5.10 Å². The first-order chi connectivity index (χ1) is 17.4. The van der Waals surface area contributed by atoms with E-state index in [-0.39, 0.29) is 29.7 Å². The lowest BCUT2D eigenvalue weighted by molar-refractivity contribution is -0.121. The molecule has 0 unspecified atom stereocenters. The predicted molar refractivity (Wildman–Crippen MR) is 142 cm³/mol. The van der Waals surface area contributed by atoms with Gasteiger partial charge in [0.25, 0.3) is 11.8 Å². The first-order valence-corrected chi connectivity index (χ1v) is 12.9. The van der Waals surface area contributed by atoms with Gasteiger partial charge in [0.05, 0.1) is 16.6 Å². The Balaban J connectivity index is 1.49. The SMILES string of the molecule is CCN(C(=O)C(C)C)c1ccc2c(C(=O)NC3CC3)c(NC(=O)c3ccc(-c4cn[nH]c4)s3)[nH]c2c1. The summed E-state index contributed by atoms with van der Waals surface area (Å²) in [4.78, 5) is 45.4. The van der Waals surface area contributed by atoms with Gasteiger partial charge in [-0.25, -0.2) is 0 Å². The first kappa shape index (κ1) is 23.8. The Morgan fingerprint density at radius 3 is 2.64 bits per heavy atom. The Morgan fingerprint density at radius 1 is 1.17 bits per heavy atom. The van der Waals surface area contributed by atoms with E-state index in [2.05, 4.69) is 25.8 Å². The number of benzene rings is 1. The second kappa shape index (κ2) is 9.62. The molecule has 4 aromatic rings. The zero-order chi connectivity index (χ0) is 25.4. The van der Waals surface area contributed by atoms with Crippen molar-refractivity contribution in [3.05, 3.63) is 53.2 Å². The number of aromatic amines is 2. The Kier molecular flexibility index (Phi) is 6.36. The molecule has 1 aromatic carbocycles. The lowest BCUT2D eigenvalue weighted by Crippen LogP contribution is -2.33. The number of carbonyl (C=O) groups excluding carboxylic acids is 3. The van der Waals surface area contributed by atoms with Gasteiger partial charge in [-0.05, 0) is 50.1 Å². The van der Waals surface area contributed by atoms with Crippen molar-refractivity contribution < 1.29 is 14.4 Å². The van der Waals surface area contributed by atoms with Gasteiger partial charge >= 0.3 is 0 Å². The maximum Gasteiger partial charge on any atom is 0.266 e. The van der Waals surface area contributed by atoms with Crippen LogP contribution in [0.25, 0.3) is 21.3 Å². The average molecular weight is 505 g/mol. The monoisotopic (exact) mass is 504 g/mol. The Morgan fingerprint density at radius 2 is 1.97 bits per heavy atom. The topological polar surface area (TPSA) is 123 Å². The molecule has 4 N–H and O–H groups in total. The van der Waals surface area contributed by atoms with Crippen LogP contribution in [0.3, 0.4) is 0 Å². The third-order valence-electron chi connectivity index (χ3n) is 6.16. The summed E-state index contributed by atoms with van der Waals surface area (Å²) in [5, 5.41) is 13.3. The highest BCUT2D eigenvalue weighted by molar-refractivity contribution is 7.17. The van der Waals surface area contributed by atoms with Gasteiger partial charge < -0.3 is 20.5 Å². The van der Waals surface area contributed by atoms with Crippen LogP contribution in [0, 0.1) is 5.92 Å². The van der Waals surface area contributed by atoms with E-state index in [1.165, 1.54) is 11.3 Å². The Hall–Kier alpha value is -3.92.